The van der Waals surface area contributed by atoms with E-state index in [9.17, 15) is 4.79 Å². The van der Waals surface area contributed by atoms with Crippen molar-refractivity contribution in [2.24, 2.45) is 0 Å². The lowest BCUT2D eigenvalue weighted by Crippen LogP contribution is -2.41. The maximum atomic E-state index is 10.4. The third kappa shape index (κ3) is 1.38. The minimum atomic E-state index is -0.474. The molecule has 10 heavy (non-hydrogen) atoms. The molecule has 0 saturated carbocycles. The molecule has 0 bridgehead atoms. The van der Waals surface area contributed by atoms with Crippen LogP contribution >= 0.6 is 0 Å². The fourth-order valence-corrected chi connectivity index (χ4v) is 1.42. The first-order chi connectivity index (χ1) is 4.75. The highest BCUT2D eigenvalue weighted by atomic mass is 16.2. The van der Waals surface area contributed by atoms with E-state index in [-0.39, 0.29) is 6.04 Å². The van der Waals surface area contributed by atoms with Gasteiger partial charge in [0.1, 0.15) is 6.29 Å². The van der Waals surface area contributed by atoms with Crippen LogP contribution in [0.3, 0.4) is 0 Å². The van der Waals surface area contributed by atoms with Crippen LogP contribution in [-0.2, 0) is 4.79 Å². The summed E-state index contributed by atoms with van der Waals surface area (Å²) in [5.74, 6) is 0. The molecule has 0 aliphatic carbocycles. The third-order valence-electron chi connectivity index (χ3n) is 1.98. The average molecular weight is 141 g/mol. The van der Waals surface area contributed by atoms with Gasteiger partial charge in [-0.1, -0.05) is 0 Å². The number of nitrogens with zero attached hydrogens (tertiary/aromatic N) is 1. The molecule has 1 saturated heterocycles. The zero-order valence-electron chi connectivity index (χ0n) is 6.16. The van der Waals surface area contributed by atoms with Gasteiger partial charge in [0.15, 0.2) is 0 Å². The van der Waals surface area contributed by atoms with Crippen LogP contribution < -0.4 is 0 Å². The molecule has 1 N–H and O–H groups in total. The highest BCUT2D eigenvalue weighted by molar-refractivity contribution is 6.45. The van der Waals surface area contributed by atoms with Crippen LogP contribution in [0.4, 0.5) is 0 Å². The SMILES string of the molecule is CB(O)N1CCC[C@@H]1C=O. The van der Waals surface area contributed by atoms with Crippen LogP contribution in [0.15, 0.2) is 0 Å². The number of carbonyl (C=O) groups is 1. The fraction of sp³-hybridized carbons (Fsp3) is 0.833. The lowest BCUT2D eigenvalue weighted by Gasteiger charge is -2.19. The minimum Gasteiger partial charge on any atom is -0.437 e. The zero-order chi connectivity index (χ0) is 7.56. The first-order valence-electron chi connectivity index (χ1n) is 3.65. The van der Waals surface area contributed by atoms with Gasteiger partial charge in [0, 0.05) is 0 Å². The molecule has 1 heterocycles. The Morgan fingerprint density at radius 1 is 1.80 bits per heavy atom. The van der Waals surface area contributed by atoms with Crippen LogP contribution in [0.25, 0.3) is 0 Å². The molecular weight excluding hydrogens is 129 g/mol. The van der Waals surface area contributed by atoms with Crippen LogP contribution in [0.5, 0.6) is 0 Å². The molecule has 1 rings (SSSR count). The van der Waals surface area contributed by atoms with Gasteiger partial charge in [0.2, 0.25) is 0 Å². The van der Waals surface area contributed by atoms with E-state index in [4.69, 9.17) is 5.02 Å². The first-order valence-corrected chi connectivity index (χ1v) is 3.65. The van der Waals surface area contributed by atoms with Crippen molar-refractivity contribution in [1.29, 1.82) is 0 Å². The normalized spacial score (nSPS) is 26.8. The number of hydrogen-bond donors (Lipinski definition) is 1. The van der Waals surface area contributed by atoms with Crippen molar-refractivity contribution in [3.05, 3.63) is 0 Å². The Balaban J connectivity index is 2.49. The number of rotatable bonds is 2. The van der Waals surface area contributed by atoms with E-state index < -0.39 is 7.05 Å². The lowest BCUT2D eigenvalue weighted by atomic mass is 9.84. The van der Waals surface area contributed by atoms with E-state index in [2.05, 4.69) is 0 Å². The van der Waals surface area contributed by atoms with Crippen molar-refractivity contribution in [3.8, 4) is 0 Å². The summed E-state index contributed by atoms with van der Waals surface area (Å²) in [6.45, 7) is 2.54. The standard InChI is InChI=1S/C6H12BNO2/c1-7(10)8-4-2-3-6(8)5-9/h5-6,10H,2-4H2,1H3/t6-/m1/s1. The number of carbonyl (C=O) groups excluding carboxylic acids is 1. The van der Waals surface area contributed by atoms with Gasteiger partial charge >= 0.3 is 7.05 Å². The molecule has 0 spiro atoms. The lowest BCUT2D eigenvalue weighted by molar-refractivity contribution is -0.110. The fourth-order valence-electron chi connectivity index (χ4n) is 1.42. The van der Waals surface area contributed by atoms with Crippen molar-refractivity contribution >= 4 is 13.3 Å². The molecule has 1 fully saturated rings. The van der Waals surface area contributed by atoms with Gasteiger partial charge in [-0.05, 0) is 26.2 Å². The summed E-state index contributed by atoms with van der Waals surface area (Å²) in [7, 11) is -0.474. The van der Waals surface area contributed by atoms with E-state index in [1.807, 2.05) is 4.81 Å². The molecule has 1 atom stereocenters. The topological polar surface area (TPSA) is 40.5 Å². The van der Waals surface area contributed by atoms with E-state index in [0.717, 1.165) is 25.7 Å². The molecule has 0 aromatic heterocycles. The highest BCUT2D eigenvalue weighted by Crippen LogP contribution is 2.15. The van der Waals surface area contributed by atoms with Crippen LogP contribution in [0, 0.1) is 0 Å². The van der Waals surface area contributed by atoms with Crippen LogP contribution in [-0.4, -0.2) is 35.8 Å². The van der Waals surface area contributed by atoms with Gasteiger partial charge < -0.3 is 14.6 Å². The molecule has 1 aliphatic rings. The third-order valence-corrected chi connectivity index (χ3v) is 1.98. The number of aldehydes is 1. The second-order valence-electron chi connectivity index (χ2n) is 2.72. The molecule has 0 amide bonds. The summed E-state index contributed by atoms with van der Waals surface area (Å²) in [5.41, 5.74) is 0. The highest BCUT2D eigenvalue weighted by Gasteiger charge is 2.28. The Morgan fingerprint density at radius 2 is 2.50 bits per heavy atom. The smallest absolute Gasteiger partial charge is 0.376 e. The molecule has 0 aromatic rings. The predicted octanol–water partition coefficient (Wildman–Crippen LogP) is -0.240. The summed E-state index contributed by atoms with van der Waals surface area (Å²) >= 11 is 0. The Labute approximate surface area is 61.2 Å². The molecule has 1 aliphatic heterocycles. The molecule has 4 heteroatoms. The maximum absolute atomic E-state index is 10.4. The maximum Gasteiger partial charge on any atom is 0.376 e. The van der Waals surface area contributed by atoms with Crippen molar-refractivity contribution in [3.63, 3.8) is 0 Å². The van der Waals surface area contributed by atoms with Gasteiger partial charge in [-0.3, -0.25) is 0 Å². The van der Waals surface area contributed by atoms with E-state index in [0.29, 0.717) is 0 Å². The molecule has 0 radical (unpaired) electrons. The predicted molar refractivity (Wildman–Crippen MR) is 39.6 cm³/mol. The molecule has 0 aromatic carbocycles. The van der Waals surface area contributed by atoms with Gasteiger partial charge in [0.25, 0.3) is 0 Å². The Kier molecular flexibility index (Phi) is 2.46. The Morgan fingerprint density at radius 3 is 2.90 bits per heavy atom. The van der Waals surface area contributed by atoms with Crippen molar-refractivity contribution < 1.29 is 9.82 Å². The van der Waals surface area contributed by atoms with Crippen LogP contribution in [0.2, 0.25) is 6.82 Å². The second-order valence-corrected chi connectivity index (χ2v) is 2.72. The monoisotopic (exact) mass is 141 g/mol. The molecule has 56 valence electrons. The largest absolute Gasteiger partial charge is 0.437 e. The van der Waals surface area contributed by atoms with Crippen LogP contribution in [0.1, 0.15) is 12.8 Å². The van der Waals surface area contributed by atoms with Gasteiger partial charge in [-0.2, -0.15) is 0 Å². The van der Waals surface area contributed by atoms with Gasteiger partial charge in [-0.15, -0.1) is 0 Å². The summed E-state index contributed by atoms with van der Waals surface area (Å²) in [6.07, 6.45) is 2.84. The van der Waals surface area contributed by atoms with Gasteiger partial charge in [-0.25, -0.2) is 0 Å². The van der Waals surface area contributed by atoms with E-state index in [1.54, 1.807) is 6.82 Å². The summed E-state index contributed by atoms with van der Waals surface area (Å²) in [4.78, 5) is 12.2. The van der Waals surface area contributed by atoms with E-state index >= 15 is 0 Å². The van der Waals surface area contributed by atoms with Crippen molar-refractivity contribution in [2.75, 3.05) is 6.54 Å². The van der Waals surface area contributed by atoms with Gasteiger partial charge in [0.05, 0.1) is 6.04 Å². The number of hydrogen-bond acceptors (Lipinski definition) is 3. The molecule has 3 nitrogen and oxygen atoms in total. The first kappa shape index (κ1) is 7.76. The van der Waals surface area contributed by atoms with Crippen molar-refractivity contribution in [1.82, 2.24) is 4.81 Å². The summed E-state index contributed by atoms with van der Waals surface area (Å²) in [6, 6.07) is -0.0417. The average Bonchev–Trinajstić information content (AvgIpc) is 2.33. The Bertz CT molecular complexity index is 129. The molecular formula is C6H12BNO2. The quantitative estimate of drug-likeness (QED) is 0.426. The van der Waals surface area contributed by atoms with E-state index in [1.165, 1.54) is 0 Å². The zero-order valence-corrected chi connectivity index (χ0v) is 6.16. The summed E-state index contributed by atoms with van der Waals surface area (Å²) < 4.78 is 0. The second kappa shape index (κ2) is 3.17. The summed E-state index contributed by atoms with van der Waals surface area (Å²) in [5, 5.41) is 9.12. The van der Waals surface area contributed by atoms with Crippen molar-refractivity contribution in [2.45, 2.75) is 25.7 Å². The minimum absolute atomic E-state index is 0.0417. The molecule has 0 unspecified atom stereocenters. The Hall–Kier alpha value is -0.345.